The Balaban J connectivity index is 1.78. The zero-order valence-corrected chi connectivity index (χ0v) is 10.5. The molecule has 0 aliphatic carbocycles. The SMILES string of the molecule is NCc1cn(Cc2nc(-c3ccc(O)cc3)no2)nn1. The Bertz CT molecular complexity index is 703. The summed E-state index contributed by atoms with van der Waals surface area (Å²) in [6, 6.07) is 6.56. The van der Waals surface area contributed by atoms with Gasteiger partial charge in [-0.3, -0.25) is 0 Å². The Morgan fingerprint density at radius 2 is 2.05 bits per heavy atom. The predicted octanol–water partition coefficient (Wildman–Crippen LogP) is 0.541. The van der Waals surface area contributed by atoms with Crippen LogP contribution in [0, 0.1) is 0 Å². The van der Waals surface area contributed by atoms with E-state index in [1.54, 1.807) is 35.1 Å². The normalized spacial score (nSPS) is 10.8. The number of aromatic nitrogens is 5. The quantitative estimate of drug-likeness (QED) is 0.712. The number of benzene rings is 1. The lowest BCUT2D eigenvalue weighted by Crippen LogP contribution is -2.00. The minimum Gasteiger partial charge on any atom is -0.508 e. The highest BCUT2D eigenvalue weighted by Gasteiger charge is 2.10. The summed E-state index contributed by atoms with van der Waals surface area (Å²) in [5.41, 5.74) is 6.92. The molecule has 2 heterocycles. The van der Waals surface area contributed by atoms with E-state index < -0.39 is 0 Å². The first-order valence-corrected chi connectivity index (χ1v) is 5.95. The molecule has 0 amide bonds. The first kappa shape index (κ1) is 12.3. The molecule has 0 aliphatic heterocycles. The standard InChI is InChI=1S/C12H12N6O2/c13-5-9-6-18(17-15-9)7-11-14-12(16-20-11)8-1-3-10(19)4-2-8/h1-4,6,19H,5,7,13H2. The average Bonchev–Trinajstić information content (AvgIpc) is 3.09. The Labute approximate surface area is 113 Å². The van der Waals surface area contributed by atoms with Crippen LogP contribution >= 0.6 is 0 Å². The van der Waals surface area contributed by atoms with Gasteiger partial charge in [0, 0.05) is 12.1 Å². The molecule has 3 rings (SSSR count). The van der Waals surface area contributed by atoms with E-state index in [2.05, 4.69) is 20.5 Å². The average molecular weight is 272 g/mol. The number of rotatable bonds is 4. The number of phenolic OH excluding ortho intramolecular Hbond substituents is 1. The molecule has 0 atom stereocenters. The van der Waals surface area contributed by atoms with Crippen LogP contribution in [0.25, 0.3) is 11.4 Å². The summed E-state index contributed by atoms with van der Waals surface area (Å²) in [5, 5.41) is 20.9. The molecule has 8 heteroatoms. The van der Waals surface area contributed by atoms with Gasteiger partial charge in [0.05, 0.1) is 11.9 Å². The molecule has 20 heavy (non-hydrogen) atoms. The molecule has 8 nitrogen and oxygen atoms in total. The van der Waals surface area contributed by atoms with E-state index in [4.69, 9.17) is 10.3 Å². The third kappa shape index (κ3) is 2.50. The summed E-state index contributed by atoms with van der Waals surface area (Å²) in [6.45, 7) is 0.667. The third-order valence-corrected chi connectivity index (χ3v) is 2.69. The maximum Gasteiger partial charge on any atom is 0.248 e. The summed E-state index contributed by atoms with van der Waals surface area (Å²) in [5.74, 6) is 1.06. The van der Waals surface area contributed by atoms with Crippen molar-refractivity contribution in [2.45, 2.75) is 13.1 Å². The summed E-state index contributed by atoms with van der Waals surface area (Å²) in [7, 11) is 0. The van der Waals surface area contributed by atoms with Gasteiger partial charge in [0.1, 0.15) is 12.3 Å². The fraction of sp³-hybridized carbons (Fsp3) is 0.167. The number of phenols is 1. The molecule has 3 N–H and O–H groups in total. The molecule has 0 saturated heterocycles. The number of nitrogens with two attached hydrogens (primary N) is 1. The van der Waals surface area contributed by atoms with E-state index >= 15 is 0 Å². The zero-order chi connectivity index (χ0) is 13.9. The van der Waals surface area contributed by atoms with Gasteiger partial charge in [-0.15, -0.1) is 5.10 Å². The molecule has 0 aliphatic rings. The molecular formula is C12H12N6O2. The smallest absolute Gasteiger partial charge is 0.248 e. The van der Waals surface area contributed by atoms with E-state index in [9.17, 15) is 5.11 Å². The second-order valence-electron chi connectivity index (χ2n) is 4.17. The van der Waals surface area contributed by atoms with Gasteiger partial charge in [-0.05, 0) is 24.3 Å². The van der Waals surface area contributed by atoms with Gasteiger partial charge >= 0.3 is 0 Å². The Morgan fingerprint density at radius 1 is 1.25 bits per heavy atom. The van der Waals surface area contributed by atoms with Crippen molar-refractivity contribution in [2.75, 3.05) is 0 Å². The lowest BCUT2D eigenvalue weighted by molar-refractivity contribution is 0.364. The van der Waals surface area contributed by atoms with Crippen molar-refractivity contribution in [2.24, 2.45) is 5.73 Å². The second kappa shape index (κ2) is 5.10. The van der Waals surface area contributed by atoms with Crippen molar-refractivity contribution in [3.8, 4) is 17.1 Å². The van der Waals surface area contributed by atoms with Gasteiger partial charge in [-0.1, -0.05) is 10.4 Å². The maximum absolute atomic E-state index is 9.24. The van der Waals surface area contributed by atoms with Crippen LogP contribution in [0.5, 0.6) is 5.75 Å². The molecule has 102 valence electrons. The lowest BCUT2D eigenvalue weighted by atomic mass is 10.2. The van der Waals surface area contributed by atoms with E-state index in [0.717, 1.165) is 5.56 Å². The van der Waals surface area contributed by atoms with Gasteiger partial charge in [-0.2, -0.15) is 4.98 Å². The van der Waals surface area contributed by atoms with Crippen molar-refractivity contribution in [3.63, 3.8) is 0 Å². The zero-order valence-electron chi connectivity index (χ0n) is 10.5. The Kier molecular flexibility index (Phi) is 3.13. The Morgan fingerprint density at radius 3 is 2.75 bits per heavy atom. The Hall–Kier alpha value is -2.74. The highest BCUT2D eigenvalue weighted by molar-refractivity contribution is 5.55. The first-order valence-electron chi connectivity index (χ1n) is 5.95. The monoisotopic (exact) mass is 272 g/mol. The fourth-order valence-corrected chi connectivity index (χ4v) is 1.69. The van der Waals surface area contributed by atoms with Crippen LogP contribution in [-0.2, 0) is 13.1 Å². The fourth-order valence-electron chi connectivity index (χ4n) is 1.69. The number of aromatic hydroxyl groups is 1. The minimum absolute atomic E-state index is 0.189. The van der Waals surface area contributed by atoms with Crippen LogP contribution in [0.15, 0.2) is 35.0 Å². The van der Waals surface area contributed by atoms with E-state index in [-0.39, 0.29) is 5.75 Å². The number of hydrogen-bond acceptors (Lipinski definition) is 7. The second-order valence-corrected chi connectivity index (χ2v) is 4.17. The van der Waals surface area contributed by atoms with Crippen molar-refractivity contribution >= 4 is 0 Å². The van der Waals surface area contributed by atoms with Crippen LogP contribution in [-0.4, -0.2) is 30.2 Å². The molecule has 1 aromatic carbocycles. The van der Waals surface area contributed by atoms with Crippen LogP contribution in [0.1, 0.15) is 11.6 Å². The van der Waals surface area contributed by atoms with Crippen LogP contribution in [0.4, 0.5) is 0 Å². The van der Waals surface area contributed by atoms with Gasteiger partial charge in [0.25, 0.3) is 0 Å². The van der Waals surface area contributed by atoms with Gasteiger partial charge in [0.15, 0.2) is 0 Å². The topological polar surface area (TPSA) is 116 Å². The van der Waals surface area contributed by atoms with E-state index in [1.165, 1.54) is 0 Å². The maximum atomic E-state index is 9.24. The molecule has 0 spiro atoms. The summed E-state index contributed by atoms with van der Waals surface area (Å²) >= 11 is 0. The van der Waals surface area contributed by atoms with Gasteiger partial charge in [0.2, 0.25) is 11.7 Å². The highest BCUT2D eigenvalue weighted by Crippen LogP contribution is 2.19. The highest BCUT2D eigenvalue weighted by atomic mass is 16.5. The first-order chi connectivity index (χ1) is 9.74. The number of nitrogens with zero attached hydrogens (tertiary/aromatic N) is 5. The third-order valence-electron chi connectivity index (χ3n) is 2.69. The molecule has 0 unspecified atom stereocenters. The minimum atomic E-state index is 0.189. The van der Waals surface area contributed by atoms with E-state index in [0.29, 0.717) is 30.5 Å². The predicted molar refractivity (Wildman–Crippen MR) is 68.4 cm³/mol. The number of hydrogen-bond donors (Lipinski definition) is 2. The molecule has 3 aromatic rings. The van der Waals surface area contributed by atoms with Crippen molar-refractivity contribution in [1.82, 2.24) is 25.1 Å². The van der Waals surface area contributed by atoms with Crippen molar-refractivity contribution in [1.29, 1.82) is 0 Å². The summed E-state index contributed by atoms with van der Waals surface area (Å²) < 4.78 is 6.73. The van der Waals surface area contributed by atoms with Gasteiger partial charge < -0.3 is 15.4 Å². The van der Waals surface area contributed by atoms with Crippen LogP contribution in [0.2, 0.25) is 0 Å². The van der Waals surface area contributed by atoms with Crippen LogP contribution < -0.4 is 5.73 Å². The van der Waals surface area contributed by atoms with E-state index in [1.807, 2.05) is 0 Å². The van der Waals surface area contributed by atoms with Gasteiger partial charge in [-0.25, -0.2) is 4.68 Å². The molecule has 2 aromatic heterocycles. The molecule has 0 fully saturated rings. The lowest BCUT2D eigenvalue weighted by Gasteiger charge is -1.94. The van der Waals surface area contributed by atoms with Crippen LogP contribution in [0.3, 0.4) is 0 Å². The molecule has 0 bridgehead atoms. The summed E-state index contributed by atoms with van der Waals surface area (Å²) in [6.07, 6.45) is 1.73. The molecular weight excluding hydrogens is 260 g/mol. The van der Waals surface area contributed by atoms with Crippen molar-refractivity contribution in [3.05, 3.63) is 42.0 Å². The summed E-state index contributed by atoms with van der Waals surface area (Å²) in [4.78, 5) is 4.26. The molecule has 0 saturated carbocycles. The van der Waals surface area contributed by atoms with Crippen molar-refractivity contribution < 1.29 is 9.63 Å². The molecule has 0 radical (unpaired) electrons. The largest absolute Gasteiger partial charge is 0.508 e.